The molecule has 0 bridgehead atoms. The van der Waals surface area contributed by atoms with Crippen LogP contribution in [0.5, 0.6) is 0 Å². The van der Waals surface area contributed by atoms with Crippen LogP contribution in [0.25, 0.3) is 10.8 Å². The molecule has 1 saturated heterocycles. The highest BCUT2D eigenvalue weighted by Crippen LogP contribution is 2.23. The zero-order chi connectivity index (χ0) is 22.7. The molecule has 0 atom stereocenters. The van der Waals surface area contributed by atoms with Crippen molar-refractivity contribution >= 4 is 34.1 Å². The number of carbonyl (C=O) groups is 3. The van der Waals surface area contributed by atoms with E-state index in [0.717, 1.165) is 5.39 Å². The quantitative estimate of drug-likeness (QED) is 0.453. The summed E-state index contributed by atoms with van der Waals surface area (Å²) in [5, 5.41) is 1.53. The number of fused-ring (bicyclic) bond motifs is 1. The second kappa shape index (κ2) is 9.13. The highest BCUT2D eigenvalue weighted by Gasteiger charge is 2.24. The number of anilines is 1. The smallest absolute Gasteiger partial charge is 0.339 e. The lowest BCUT2D eigenvalue weighted by molar-refractivity contribution is -0.134. The number of ketones is 1. The van der Waals surface area contributed by atoms with Crippen molar-refractivity contribution in [3.05, 3.63) is 71.8 Å². The van der Waals surface area contributed by atoms with E-state index >= 15 is 0 Å². The number of hydrogen-bond acceptors (Lipinski definition) is 6. The normalized spacial score (nSPS) is 13.8. The number of pyridine rings is 1. The fraction of sp³-hybridized carbons (Fsp3) is 0.250. The minimum atomic E-state index is -0.568. The summed E-state index contributed by atoms with van der Waals surface area (Å²) in [6, 6.07) is 11.4. The number of hydrogen-bond donors (Lipinski definition) is 0. The van der Waals surface area contributed by atoms with Crippen LogP contribution in [0.3, 0.4) is 0 Å². The van der Waals surface area contributed by atoms with E-state index in [1.165, 1.54) is 13.0 Å². The number of benzene rings is 2. The van der Waals surface area contributed by atoms with Crippen LogP contribution < -0.4 is 4.90 Å². The van der Waals surface area contributed by atoms with Crippen molar-refractivity contribution in [2.24, 2.45) is 0 Å². The first kappa shape index (κ1) is 21.4. The maximum absolute atomic E-state index is 14.4. The number of halogens is 1. The third kappa shape index (κ3) is 4.44. The maximum atomic E-state index is 14.4. The lowest BCUT2D eigenvalue weighted by Crippen LogP contribution is -2.50. The monoisotopic (exact) mass is 435 g/mol. The van der Waals surface area contributed by atoms with Gasteiger partial charge in [-0.2, -0.15) is 0 Å². The van der Waals surface area contributed by atoms with E-state index in [1.54, 1.807) is 47.6 Å². The molecular formula is C24H22FN3O4. The Morgan fingerprint density at radius 3 is 2.56 bits per heavy atom. The Balaban J connectivity index is 1.33. The Bertz CT molecular complexity index is 1180. The second-order valence-electron chi connectivity index (χ2n) is 7.57. The Labute approximate surface area is 184 Å². The van der Waals surface area contributed by atoms with Gasteiger partial charge in [0.05, 0.1) is 11.3 Å². The molecule has 8 heteroatoms. The molecule has 7 nitrogen and oxygen atoms in total. The fourth-order valence-electron chi connectivity index (χ4n) is 3.78. The van der Waals surface area contributed by atoms with Gasteiger partial charge >= 0.3 is 5.97 Å². The molecule has 0 saturated carbocycles. The van der Waals surface area contributed by atoms with Crippen molar-refractivity contribution in [1.29, 1.82) is 0 Å². The van der Waals surface area contributed by atoms with Crippen molar-refractivity contribution in [3.63, 3.8) is 0 Å². The molecule has 1 amide bonds. The van der Waals surface area contributed by atoms with E-state index in [0.29, 0.717) is 48.4 Å². The number of piperazine rings is 1. The predicted octanol–water partition coefficient (Wildman–Crippen LogP) is 3.08. The van der Waals surface area contributed by atoms with Gasteiger partial charge in [-0.05, 0) is 42.6 Å². The van der Waals surface area contributed by atoms with Crippen LogP contribution in [0.15, 0.2) is 54.9 Å². The SMILES string of the molecule is CC(=O)c1ccc(N2CCN(C(=O)COC(=O)c3cccc4cnccc34)CC2)c(F)c1. The second-order valence-corrected chi connectivity index (χ2v) is 7.57. The van der Waals surface area contributed by atoms with Crippen LogP contribution in [0.4, 0.5) is 10.1 Å². The van der Waals surface area contributed by atoms with Crippen LogP contribution in [0.2, 0.25) is 0 Å². The predicted molar refractivity (Wildman–Crippen MR) is 117 cm³/mol. The van der Waals surface area contributed by atoms with Crippen LogP contribution in [-0.2, 0) is 9.53 Å². The molecular weight excluding hydrogens is 413 g/mol. The van der Waals surface area contributed by atoms with E-state index in [1.807, 2.05) is 11.0 Å². The Kier molecular flexibility index (Phi) is 6.11. The third-order valence-corrected chi connectivity index (χ3v) is 5.55. The Morgan fingerprint density at radius 2 is 1.84 bits per heavy atom. The van der Waals surface area contributed by atoms with Crippen LogP contribution in [0.1, 0.15) is 27.6 Å². The van der Waals surface area contributed by atoms with Gasteiger partial charge in [0.15, 0.2) is 12.4 Å². The number of Topliss-reactive ketones (excluding diaryl/α,β-unsaturated/α-hetero) is 1. The number of ether oxygens (including phenoxy) is 1. The molecule has 164 valence electrons. The topological polar surface area (TPSA) is 79.8 Å². The van der Waals surface area contributed by atoms with Gasteiger partial charge in [0.1, 0.15) is 5.82 Å². The molecule has 0 aliphatic carbocycles. The summed E-state index contributed by atoms with van der Waals surface area (Å²) in [5.41, 5.74) is 1.11. The Hall–Kier alpha value is -3.81. The minimum absolute atomic E-state index is 0.194. The highest BCUT2D eigenvalue weighted by atomic mass is 19.1. The molecule has 0 unspecified atom stereocenters. The first-order chi connectivity index (χ1) is 15.4. The molecule has 2 aromatic carbocycles. The molecule has 1 aromatic heterocycles. The zero-order valence-corrected chi connectivity index (χ0v) is 17.6. The molecule has 3 aromatic rings. The number of carbonyl (C=O) groups excluding carboxylic acids is 3. The number of aromatic nitrogens is 1. The molecule has 32 heavy (non-hydrogen) atoms. The summed E-state index contributed by atoms with van der Waals surface area (Å²) < 4.78 is 19.7. The lowest BCUT2D eigenvalue weighted by atomic mass is 10.1. The number of esters is 1. The first-order valence-corrected chi connectivity index (χ1v) is 10.3. The molecule has 1 fully saturated rings. The minimum Gasteiger partial charge on any atom is -0.452 e. The van der Waals surface area contributed by atoms with Gasteiger partial charge in [0, 0.05) is 49.5 Å². The van der Waals surface area contributed by atoms with Gasteiger partial charge < -0.3 is 14.5 Å². The largest absolute Gasteiger partial charge is 0.452 e. The van der Waals surface area contributed by atoms with E-state index < -0.39 is 11.8 Å². The molecule has 4 rings (SSSR count). The average molecular weight is 435 g/mol. The van der Waals surface area contributed by atoms with Gasteiger partial charge in [-0.15, -0.1) is 0 Å². The van der Waals surface area contributed by atoms with E-state index in [2.05, 4.69) is 4.98 Å². The molecule has 1 aliphatic rings. The number of rotatable bonds is 5. The standard InChI is InChI=1S/C24H22FN3O4/c1-16(29)17-5-6-22(21(25)13-17)27-9-11-28(12-10-27)23(30)15-32-24(31)20-4-2-3-18-14-26-8-7-19(18)20/h2-8,13-14H,9-12,15H2,1H3. The summed E-state index contributed by atoms with van der Waals surface area (Å²) in [6.07, 6.45) is 3.26. The third-order valence-electron chi connectivity index (χ3n) is 5.55. The molecule has 0 radical (unpaired) electrons. The number of amides is 1. The fourth-order valence-corrected chi connectivity index (χ4v) is 3.78. The molecule has 2 heterocycles. The first-order valence-electron chi connectivity index (χ1n) is 10.3. The molecule has 0 N–H and O–H groups in total. The van der Waals surface area contributed by atoms with Crippen molar-refractivity contribution in [1.82, 2.24) is 9.88 Å². The van der Waals surface area contributed by atoms with E-state index in [4.69, 9.17) is 4.74 Å². The van der Waals surface area contributed by atoms with Crippen LogP contribution in [0, 0.1) is 5.82 Å². The van der Waals surface area contributed by atoms with Crippen LogP contribution >= 0.6 is 0 Å². The summed E-state index contributed by atoms with van der Waals surface area (Å²) >= 11 is 0. The summed E-state index contributed by atoms with van der Waals surface area (Å²) in [4.78, 5) is 43.9. The summed E-state index contributed by atoms with van der Waals surface area (Å²) in [5.74, 6) is -1.52. The summed E-state index contributed by atoms with van der Waals surface area (Å²) in [7, 11) is 0. The highest BCUT2D eigenvalue weighted by molar-refractivity contribution is 6.04. The molecule has 1 aliphatic heterocycles. The zero-order valence-electron chi connectivity index (χ0n) is 17.6. The van der Waals surface area contributed by atoms with E-state index in [-0.39, 0.29) is 18.3 Å². The van der Waals surface area contributed by atoms with Crippen LogP contribution in [-0.4, -0.2) is 60.3 Å². The van der Waals surface area contributed by atoms with Crippen molar-refractivity contribution in [2.75, 3.05) is 37.7 Å². The maximum Gasteiger partial charge on any atom is 0.339 e. The lowest BCUT2D eigenvalue weighted by Gasteiger charge is -2.36. The van der Waals surface area contributed by atoms with Crippen molar-refractivity contribution in [3.8, 4) is 0 Å². The average Bonchev–Trinajstić information content (AvgIpc) is 2.82. The van der Waals surface area contributed by atoms with Gasteiger partial charge in [-0.3, -0.25) is 14.6 Å². The van der Waals surface area contributed by atoms with Crippen molar-refractivity contribution in [2.45, 2.75) is 6.92 Å². The number of nitrogens with zero attached hydrogens (tertiary/aromatic N) is 3. The van der Waals surface area contributed by atoms with E-state index in [9.17, 15) is 18.8 Å². The summed E-state index contributed by atoms with van der Waals surface area (Å²) in [6.45, 7) is 2.66. The Morgan fingerprint density at radius 1 is 1.06 bits per heavy atom. The molecule has 0 spiro atoms. The van der Waals surface area contributed by atoms with Gasteiger partial charge in [-0.25, -0.2) is 9.18 Å². The van der Waals surface area contributed by atoms with Gasteiger partial charge in [0.25, 0.3) is 5.91 Å². The van der Waals surface area contributed by atoms with Crippen molar-refractivity contribution < 1.29 is 23.5 Å². The van der Waals surface area contributed by atoms with Gasteiger partial charge in [0.2, 0.25) is 0 Å². The van der Waals surface area contributed by atoms with Gasteiger partial charge in [-0.1, -0.05) is 12.1 Å².